The van der Waals surface area contributed by atoms with Gasteiger partial charge in [-0.15, -0.1) is 0 Å². The summed E-state index contributed by atoms with van der Waals surface area (Å²) in [5.41, 5.74) is 3.70. The summed E-state index contributed by atoms with van der Waals surface area (Å²) in [7, 11) is 0. The largest absolute Gasteiger partial charge is 0.444 e. The molecule has 120 valence electrons. The van der Waals surface area contributed by atoms with Crippen LogP contribution in [0.5, 0.6) is 5.75 Å². The number of rotatable bonds is 4. The molecule has 0 fully saturated rings. The molecule has 0 saturated carbocycles. The van der Waals surface area contributed by atoms with Crippen molar-refractivity contribution in [3.05, 3.63) is 28.8 Å². The van der Waals surface area contributed by atoms with E-state index in [0.29, 0.717) is 0 Å². The normalized spacial score (nSPS) is 12.9. The van der Waals surface area contributed by atoms with Crippen molar-refractivity contribution in [1.29, 1.82) is 0 Å². The first-order valence-corrected chi connectivity index (χ1v) is 10.5. The summed E-state index contributed by atoms with van der Waals surface area (Å²) < 4.78 is 5.86. The number of benzene rings is 1. The minimum Gasteiger partial charge on any atom is -0.444 e. The van der Waals surface area contributed by atoms with Crippen molar-refractivity contribution in [2.24, 2.45) is 0 Å². The van der Waals surface area contributed by atoms with E-state index in [1.165, 1.54) is 16.7 Å². The molecule has 0 amide bonds. The molecule has 0 radical (unpaired) electrons. The Balaban J connectivity index is 3.61. The molecule has 0 aliphatic carbocycles. The Morgan fingerprint density at radius 2 is 1.38 bits per heavy atom. The number of hydrogen-bond acceptors (Lipinski definition) is 1. The van der Waals surface area contributed by atoms with Gasteiger partial charge < -0.3 is 4.52 Å². The molecule has 21 heavy (non-hydrogen) atoms. The summed E-state index contributed by atoms with van der Waals surface area (Å²) in [4.78, 5) is 0. The molecule has 0 bridgehead atoms. The summed E-state index contributed by atoms with van der Waals surface area (Å²) >= 11 is 11.9. The molecule has 0 N–H and O–H groups in total. The fourth-order valence-corrected chi connectivity index (χ4v) is 3.15. The van der Waals surface area contributed by atoms with Gasteiger partial charge in [-0.25, -0.2) is 0 Å². The predicted octanol–water partition coefficient (Wildman–Crippen LogP) is 7.32. The second-order valence-electron chi connectivity index (χ2n) is 7.56. The van der Waals surface area contributed by atoms with Gasteiger partial charge in [-0.3, -0.25) is 0 Å². The Hall–Kier alpha value is 0.0300. The van der Waals surface area contributed by atoms with Crippen LogP contribution >= 0.6 is 29.3 Å². The fourth-order valence-electron chi connectivity index (χ4n) is 2.40. The molecule has 0 unspecified atom stereocenters. The minimum atomic E-state index is -1.48. The van der Waals surface area contributed by atoms with Gasteiger partial charge in [-0.05, 0) is 45.3 Å². The van der Waals surface area contributed by atoms with Crippen LogP contribution in [0.25, 0.3) is 0 Å². The summed E-state index contributed by atoms with van der Waals surface area (Å²) in [5.74, 6) is 0.867. The van der Waals surface area contributed by atoms with Crippen molar-refractivity contribution in [3.63, 3.8) is 0 Å². The molecule has 0 saturated heterocycles. The number of aryl methyl sites for hydroxylation is 1. The summed E-state index contributed by atoms with van der Waals surface area (Å²) in [5, 5.41) is 0. The first kappa shape index (κ1) is 19.1. The van der Waals surface area contributed by atoms with E-state index in [1.807, 2.05) is 0 Å². The lowest BCUT2D eigenvalue weighted by Gasteiger charge is -2.30. The van der Waals surface area contributed by atoms with Crippen LogP contribution in [0.3, 0.4) is 0 Å². The van der Waals surface area contributed by atoms with Crippen molar-refractivity contribution in [1.82, 2.24) is 0 Å². The molecule has 0 aliphatic rings. The monoisotopic (exact) mass is 348 g/mol. The van der Waals surface area contributed by atoms with Gasteiger partial charge in [-0.1, -0.05) is 67.0 Å². The molecule has 0 heterocycles. The van der Waals surface area contributed by atoms with Gasteiger partial charge in [0.25, 0.3) is 6.85 Å². The van der Waals surface area contributed by atoms with E-state index >= 15 is 0 Å². The van der Waals surface area contributed by atoms with E-state index in [2.05, 4.69) is 60.6 Å². The molecule has 1 aromatic rings. The third-order valence-electron chi connectivity index (χ3n) is 3.46. The van der Waals surface area contributed by atoms with Crippen LogP contribution in [0.4, 0.5) is 0 Å². The highest BCUT2D eigenvalue weighted by molar-refractivity contribution is 8.00. The van der Waals surface area contributed by atoms with Crippen LogP contribution in [0.2, 0.25) is 0 Å². The van der Waals surface area contributed by atoms with Gasteiger partial charge in [-0.2, -0.15) is 0 Å². The molecule has 0 aliphatic heterocycles. The lowest BCUT2D eigenvalue weighted by Crippen LogP contribution is -2.19. The quantitative estimate of drug-likeness (QED) is 0.518. The summed E-state index contributed by atoms with van der Waals surface area (Å²) in [6.07, 6.45) is 2.20. The predicted molar refractivity (Wildman–Crippen MR) is 97.1 cm³/mol. The first-order valence-electron chi connectivity index (χ1n) is 7.44. The molecular weight excluding hydrogens is 322 g/mol. The molecule has 1 aromatic carbocycles. The van der Waals surface area contributed by atoms with Gasteiger partial charge in [0.05, 0.1) is 0 Å². The molecule has 0 spiro atoms. The van der Waals surface area contributed by atoms with E-state index in [0.717, 1.165) is 18.6 Å². The highest BCUT2D eigenvalue weighted by Gasteiger charge is 2.28. The molecule has 4 heteroatoms. The Labute approximate surface area is 140 Å². The van der Waals surface area contributed by atoms with Gasteiger partial charge in [0.2, 0.25) is 0 Å². The molecule has 0 aromatic heterocycles. The maximum atomic E-state index is 5.97. The Morgan fingerprint density at radius 1 is 0.952 bits per heavy atom. The van der Waals surface area contributed by atoms with Crippen LogP contribution in [-0.2, 0) is 17.3 Å². The Bertz CT molecular complexity index is 450. The first-order chi connectivity index (χ1) is 9.46. The standard InChI is InChI=1S/C17H27Cl2OP/c1-8-9-12-10-13(16(2,3)4)15(20-21(18)19)14(11-12)17(5,6)7/h10-11H,8-9H2,1-7H3. The molecule has 0 atom stereocenters. The van der Waals surface area contributed by atoms with E-state index in [9.17, 15) is 0 Å². The molecule has 1 rings (SSSR count). The van der Waals surface area contributed by atoms with Gasteiger partial charge in [0.1, 0.15) is 5.75 Å². The maximum Gasteiger partial charge on any atom is 0.284 e. The second kappa shape index (κ2) is 7.07. The van der Waals surface area contributed by atoms with Crippen molar-refractivity contribution in [3.8, 4) is 5.75 Å². The zero-order chi connectivity index (χ0) is 16.4. The third kappa shape index (κ3) is 5.31. The lowest BCUT2D eigenvalue weighted by molar-refractivity contribution is 0.506. The summed E-state index contributed by atoms with van der Waals surface area (Å²) in [6.45, 7) is 13.9. The van der Waals surface area contributed by atoms with E-state index < -0.39 is 6.85 Å². The lowest BCUT2D eigenvalue weighted by atomic mass is 9.78. The van der Waals surface area contributed by atoms with Crippen LogP contribution < -0.4 is 4.52 Å². The third-order valence-corrected chi connectivity index (χ3v) is 4.20. The van der Waals surface area contributed by atoms with Crippen molar-refractivity contribution < 1.29 is 4.52 Å². The summed E-state index contributed by atoms with van der Waals surface area (Å²) in [6, 6.07) is 4.50. The van der Waals surface area contributed by atoms with Crippen LogP contribution in [0, 0.1) is 0 Å². The van der Waals surface area contributed by atoms with Crippen LogP contribution in [0.1, 0.15) is 71.6 Å². The van der Waals surface area contributed by atoms with Crippen molar-refractivity contribution >= 4 is 29.3 Å². The number of halogens is 2. The molecule has 1 nitrogen and oxygen atoms in total. The van der Waals surface area contributed by atoms with Gasteiger partial charge in [0.15, 0.2) is 0 Å². The Kier molecular flexibility index (Phi) is 6.42. The van der Waals surface area contributed by atoms with Crippen LogP contribution in [-0.4, -0.2) is 0 Å². The minimum absolute atomic E-state index is 0.0157. The highest BCUT2D eigenvalue weighted by Crippen LogP contribution is 2.52. The topological polar surface area (TPSA) is 9.23 Å². The highest BCUT2D eigenvalue weighted by atomic mass is 35.9. The molecular formula is C17H27Cl2OP. The van der Waals surface area contributed by atoms with Gasteiger partial charge in [0, 0.05) is 11.1 Å². The SMILES string of the molecule is CCCc1cc(C(C)(C)C)c(OP(Cl)Cl)c(C(C)(C)C)c1. The zero-order valence-corrected chi connectivity index (χ0v) is 16.6. The van der Waals surface area contributed by atoms with E-state index in [4.69, 9.17) is 27.0 Å². The maximum absolute atomic E-state index is 5.97. The zero-order valence-electron chi connectivity index (χ0n) is 14.2. The van der Waals surface area contributed by atoms with E-state index in [1.54, 1.807) is 0 Å². The smallest absolute Gasteiger partial charge is 0.284 e. The average molecular weight is 349 g/mol. The Morgan fingerprint density at radius 3 is 1.67 bits per heavy atom. The van der Waals surface area contributed by atoms with Crippen molar-refractivity contribution in [2.45, 2.75) is 72.1 Å². The van der Waals surface area contributed by atoms with Crippen LogP contribution in [0.15, 0.2) is 12.1 Å². The van der Waals surface area contributed by atoms with Gasteiger partial charge >= 0.3 is 0 Å². The average Bonchev–Trinajstić information content (AvgIpc) is 2.27. The number of hydrogen-bond donors (Lipinski definition) is 0. The second-order valence-corrected chi connectivity index (χ2v) is 10.5. The van der Waals surface area contributed by atoms with E-state index in [-0.39, 0.29) is 10.8 Å². The fraction of sp³-hybridized carbons (Fsp3) is 0.647. The van der Waals surface area contributed by atoms with Crippen molar-refractivity contribution in [2.75, 3.05) is 0 Å².